The van der Waals surface area contributed by atoms with Gasteiger partial charge < -0.3 is 14.1 Å². The van der Waals surface area contributed by atoms with E-state index in [0.29, 0.717) is 24.3 Å². The predicted octanol–water partition coefficient (Wildman–Crippen LogP) is 1.39. The van der Waals surface area contributed by atoms with Gasteiger partial charge in [0.25, 0.3) is 0 Å². The van der Waals surface area contributed by atoms with Gasteiger partial charge in [-0.2, -0.15) is 0 Å². The number of carbonyl (C=O) groups is 1. The highest BCUT2D eigenvalue weighted by Gasteiger charge is 2.35. The number of rotatable bonds is 5. The summed E-state index contributed by atoms with van der Waals surface area (Å²) in [7, 11) is -1.53. The van der Waals surface area contributed by atoms with Gasteiger partial charge in [-0.25, -0.2) is 8.42 Å². The molecule has 8 nitrogen and oxygen atoms in total. The number of methoxy groups -OCH3 is 1. The molecule has 2 aromatic rings. The number of sulfone groups is 1. The van der Waals surface area contributed by atoms with Crippen molar-refractivity contribution in [2.45, 2.75) is 19.4 Å². The molecule has 0 spiro atoms. The molecule has 0 bridgehead atoms. The lowest BCUT2D eigenvalue weighted by Gasteiger charge is -2.25. The topological polar surface area (TPSA) is 103 Å². The zero-order valence-electron chi connectivity index (χ0n) is 14.0. The summed E-state index contributed by atoms with van der Waals surface area (Å²) in [6.07, 6.45) is 0.429. The van der Waals surface area contributed by atoms with Gasteiger partial charge in [-0.1, -0.05) is 6.07 Å². The van der Waals surface area contributed by atoms with Crippen LogP contribution in [0.4, 0.5) is 0 Å². The maximum atomic E-state index is 12.7. The van der Waals surface area contributed by atoms with Crippen molar-refractivity contribution >= 4 is 15.7 Å². The first-order valence-corrected chi connectivity index (χ1v) is 9.75. The van der Waals surface area contributed by atoms with Gasteiger partial charge in [-0.05, 0) is 31.5 Å². The summed E-state index contributed by atoms with van der Waals surface area (Å²) in [6, 6.07) is 6.70. The predicted molar refractivity (Wildman–Crippen MR) is 90.1 cm³/mol. The fraction of sp³-hybridized carbons (Fsp3) is 0.438. The number of ether oxygens (including phenoxy) is 1. The van der Waals surface area contributed by atoms with Crippen molar-refractivity contribution in [2.75, 3.05) is 25.2 Å². The van der Waals surface area contributed by atoms with E-state index in [1.165, 1.54) is 4.90 Å². The van der Waals surface area contributed by atoms with E-state index in [4.69, 9.17) is 9.15 Å². The second-order valence-electron chi connectivity index (χ2n) is 5.79. The molecule has 1 aliphatic rings. The molecule has 1 amide bonds. The van der Waals surface area contributed by atoms with Gasteiger partial charge in [0.2, 0.25) is 5.89 Å². The molecular weight excluding hydrogens is 346 g/mol. The van der Waals surface area contributed by atoms with Gasteiger partial charge in [0.1, 0.15) is 5.75 Å². The standard InChI is InChI=1S/C16H19N3O5S/c1-3-19(12-7-8-25(21,22)10-12)16(20)15-18-17-14(24-15)11-5-4-6-13(9-11)23-2/h4-6,9,12H,3,7-8,10H2,1-2H3. The number of benzene rings is 1. The number of hydrogen-bond acceptors (Lipinski definition) is 7. The van der Waals surface area contributed by atoms with Crippen LogP contribution in [0.15, 0.2) is 28.7 Å². The van der Waals surface area contributed by atoms with Crippen LogP contribution < -0.4 is 4.74 Å². The molecule has 0 aliphatic carbocycles. The molecule has 1 aromatic carbocycles. The molecule has 1 saturated heterocycles. The number of aromatic nitrogens is 2. The van der Waals surface area contributed by atoms with Crippen molar-refractivity contribution in [3.8, 4) is 17.2 Å². The lowest BCUT2D eigenvalue weighted by molar-refractivity contribution is 0.0668. The normalized spacial score (nSPS) is 18.9. The Morgan fingerprint density at radius 1 is 1.40 bits per heavy atom. The second kappa shape index (κ2) is 6.83. The maximum Gasteiger partial charge on any atom is 0.311 e. The lowest BCUT2D eigenvalue weighted by atomic mass is 10.2. The first-order valence-electron chi connectivity index (χ1n) is 7.93. The van der Waals surface area contributed by atoms with Crippen molar-refractivity contribution in [1.82, 2.24) is 15.1 Å². The molecule has 1 atom stereocenters. The SMILES string of the molecule is CCN(C(=O)c1nnc(-c2cccc(OC)c2)o1)C1CCS(=O)(=O)C1. The minimum Gasteiger partial charge on any atom is -0.497 e. The summed E-state index contributed by atoms with van der Waals surface area (Å²) >= 11 is 0. The maximum absolute atomic E-state index is 12.7. The Hall–Kier alpha value is -2.42. The number of nitrogens with zero attached hydrogens (tertiary/aromatic N) is 3. The van der Waals surface area contributed by atoms with E-state index in [9.17, 15) is 13.2 Å². The third-order valence-corrected chi connectivity index (χ3v) is 5.93. The highest BCUT2D eigenvalue weighted by molar-refractivity contribution is 7.91. The average molecular weight is 365 g/mol. The van der Waals surface area contributed by atoms with E-state index in [2.05, 4.69) is 10.2 Å². The van der Waals surface area contributed by atoms with Crippen molar-refractivity contribution in [3.05, 3.63) is 30.2 Å². The second-order valence-corrected chi connectivity index (χ2v) is 8.02. The summed E-state index contributed by atoms with van der Waals surface area (Å²) in [6.45, 7) is 2.16. The van der Waals surface area contributed by atoms with Crippen LogP contribution in [-0.4, -0.2) is 60.6 Å². The molecule has 0 saturated carbocycles. The Balaban J connectivity index is 1.82. The fourth-order valence-electron chi connectivity index (χ4n) is 2.89. The lowest BCUT2D eigenvalue weighted by Crippen LogP contribution is -2.41. The Kier molecular flexibility index (Phi) is 4.76. The highest BCUT2D eigenvalue weighted by atomic mass is 32.2. The molecule has 25 heavy (non-hydrogen) atoms. The van der Waals surface area contributed by atoms with Crippen LogP contribution in [-0.2, 0) is 9.84 Å². The smallest absolute Gasteiger partial charge is 0.311 e. The summed E-state index contributed by atoms with van der Waals surface area (Å²) in [5, 5.41) is 7.74. The zero-order chi connectivity index (χ0) is 18.0. The summed E-state index contributed by atoms with van der Waals surface area (Å²) < 4.78 is 34.0. The zero-order valence-corrected chi connectivity index (χ0v) is 14.8. The molecule has 1 aliphatic heterocycles. The van der Waals surface area contributed by atoms with Gasteiger partial charge in [0.15, 0.2) is 9.84 Å². The van der Waals surface area contributed by atoms with Gasteiger partial charge in [-0.15, -0.1) is 10.2 Å². The number of hydrogen-bond donors (Lipinski definition) is 0. The molecule has 1 fully saturated rings. The summed E-state index contributed by atoms with van der Waals surface area (Å²) in [5.74, 6) is 0.312. The van der Waals surface area contributed by atoms with E-state index in [1.54, 1.807) is 38.3 Å². The van der Waals surface area contributed by atoms with Crippen LogP contribution >= 0.6 is 0 Å². The van der Waals surface area contributed by atoms with Crippen LogP contribution in [0.25, 0.3) is 11.5 Å². The Morgan fingerprint density at radius 2 is 2.20 bits per heavy atom. The molecule has 3 rings (SSSR count). The van der Waals surface area contributed by atoms with Gasteiger partial charge in [0.05, 0.1) is 18.6 Å². The molecule has 1 aromatic heterocycles. The van der Waals surface area contributed by atoms with E-state index < -0.39 is 15.7 Å². The molecule has 9 heteroatoms. The van der Waals surface area contributed by atoms with Crippen molar-refractivity contribution in [2.24, 2.45) is 0 Å². The van der Waals surface area contributed by atoms with Crippen molar-refractivity contribution < 1.29 is 22.4 Å². The van der Waals surface area contributed by atoms with E-state index in [1.807, 2.05) is 0 Å². The monoisotopic (exact) mass is 365 g/mol. The Bertz CT molecular complexity index is 877. The fourth-order valence-corrected chi connectivity index (χ4v) is 4.62. The molecule has 0 radical (unpaired) electrons. The van der Waals surface area contributed by atoms with Crippen LogP contribution in [0.1, 0.15) is 24.0 Å². The van der Waals surface area contributed by atoms with Crippen LogP contribution in [0.3, 0.4) is 0 Å². The first kappa shape index (κ1) is 17.4. The highest BCUT2D eigenvalue weighted by Crippen LogP contribution is 2.24. The molecule has 134 valence electrons. The van der Waals surface area contributed by atoms with Crippen LogP contribution in [0.5, 0.6) is 5.75 Å². The first-order chi connectivity index (χ1) is 11.9. The molecular formula is C16H19N3O5S. The summed E-state index contributed by atoms with van der Waals surface area (Å²) in [4.78, 5) is 14.1. The van der Waals surface area contributed by atoms with Gasteiger partial charge in [0, 0.05) is 18.2 Å². The minimum absolute atomic E-state index is 0.0243. The minimum atomic E-state index is -3.09. The Labute approximate surface area is 145 Å². The Morgan fingerprint density at radius 3 is 2.84 bits per heavy atom. The van der Waals surface area contributed by atoms with Crippen LogP contribution in [0.2, 0.25) is 0 Å². The number of amides is 1. The molecule has 2 heterocycles. The average Bonchev–Trinajstić information content (AvgIpc) is 3.22. The third kappa shape index (κ3) is 3.65. The largest absolute Gasteiger partial charge is 0.497 e. The van der Waals surface area contributed by atoms with Crippen LogP contribution in [0, 0.1) is 0 Å². The number of carbonyl (C=O) groups excluding carboxylic acids is 1. The van der Waals surface area contributed by atoms with Crippen molar-refractivity contribution in [3.63, 3.8) is 0 Å². The van der Waals surface area contributed by atoms with Gasteiger partial charge in [-0.3, -0.25) is 4.79 Å². The van der Waals surface area contributed by atoms with E-state index in [0.717, 1.165) is 0 Å². The van der Waals surface area contributed by atoms with E-state index in [-0.39, 0.29) is 29.3 Å². The van der Waals surface area contributed by atoms with E-state index >= 15 is 0 Å². The molecule has 1 unspecified atom stereocenters. The summed E-state index contributed by atoms with van der Waals surface area (Å²) in [5.41, 5.74) is 0.636. The van der Waals surface area contributed by atoms with Gasteiger partial charge >= 0.3 is 11.8 Å². The third-order valence-electron chi connectivity index (χ3n) is 4.18. The quantitative estimate of drug-likeness (QED) is 0.789. The van der Waals surface area contributed by atoms with Crippen molar-refractivity contribution in [1.29, 1.82) is 0 Å². The molecule has 0 N–H and O–H groups in total.